The fraction of sp³-hybridized carbons (Fsp3) is 0.379. The predicted molar refractivity (Wildman–Crippen MR) is 160 cm³/mol. The van der Waals surface area contributed by atoms with E-state index in [2.05, 4.69) is 33.6 Å². The van der Waals surface area contributed by atoms with E-state index in [4.69, 9.17) is 11.5 Å². The molecule has 1 heterocycles. The molecule has 41 heavy (non-hydrogen) atoms. The van der Waals surface area contributed by atoms with E-state index in [0.717, 1.165) is 16.5 Å². The normalized spacial score (nSPS) is 14.0. The topological polar surface area (TPSA) is 192 Å². The van der Waals surface area contributed by atoms with Crippen molar-refractivity contribution in [3.8, 4) is 5.75 Å². The first-order valence-electron chi connectivity index (χ1n) is 13.5. The zero-order chi connectivity index (χ0) is 29.8. The van der Waals surface area contributed by atoms with Crippen LogP contribution in [0.15, 0.2) is 54.7 Å². The number of hydrogen-bond acceptors (Lipinski definition) is 8. The number of carbonyl (C=O) groups excluding carboxylic acids is 4. The first-order chi connectivity index (χ1) is 19.7. The number of thiol groups is 1. The van der Waals surface area contributed by atoms with Gasteiger partial charge in [-0.1, -0.05) is 30.3 Å². The molecule has 3 aromatic rings. The Morgan fingerprint density at radius 1 is 0.927 bits per heavy atom. The molecule has 1 aromatic heterocycles. The summed E-state index contributed by atoms with van der Waals surface area (Å²) in [6.07, 6.45) is 4.44. The van der Waals surface area contributed by atoms with Gasteiger partial charge in [0.2, 0.25) is 17.7 Å². The first kappa shape index (κ1) is 31.7. The fourth-order valence-electron chi connectivity index (χ4n) is 4.41. The summed E-state index contributed by atoms with van der Waals surface area (Å²) in [5.41, 5.74) is 13.7. The van der Waals surface area contributed by atoms with Crippen LogP contribution in [0.4, 0.5) is 0 Å². The quantitative estimate of drug-likeness (QED) is 0.0692. The second kappa shape index (κ2) is 15.8. The summed E-state index contributed by atoms with van der Waals surface area (Å²) in [5, 5.41) is 18.7. The van der Waals surface area contributed by atoms with Crippen molar-refractivity contribution in [1.29, 1.82) is 0 Å². The molecule has 0 spiro atoms. The number of H-pyrrole nitrogens is 1. The number of phenolic OH excluding ortho intramolecular Hbond substituents is 1. The number of unbranched alkanes of at least 4 members (excludes halogenated alkanes) is 1. The van der Waals surface area contributed by atoms with Gasteiger partial charge in [0.05, 0.1) is 12.1 Å². The lowest BCUT2D eigenvalue weighted by Crippen LogP contribution is -2.58. The Balaban J connectivity index is 1.86. The number of rotatable bonds is 16. The maximum absolute atomic E-state index is 13.6. The summed E-state index contributed by atoms with van der Waals surface area (Å²) in [6, 6.07) is 9.96. The number of aromatic hydroxyl groups is 1. The lowest BCUT2D eigenvalue weighted by molar-refractivity contribution is -0.132. The van der Waals surface area contributed by atoms with Crippen LogP contribution in [0.5, 0.6) is 5.75 Å². The second-order valence-electron chi connectivity index (χ2n) is 9.88. The molecule has 0 saturated carbocycles. The highest BCUT2D eigenvalue weighted by Crippen LogP contribution is 2.20. The molecule has 2 aromatic carbocycles. The Morgan fingerprint density at radius 3 is 2.27 bits per heavy atom. The van der Waals surface area contributed by atoms with Gasteiger partial charge in [-0.05, 0) is 55.1 Å². The molecule has 0 fully saturated rings. The van der Waals surface area contributed by atoms with Crippen LogP contribution in [-0.2, 0) is 32.0 Å². The van der Waals surface area contributed by atoms with E-state index in [9.17, 15) is 24.3 Å². The summed E-state index contributed by atoms with van der Waals surface area (Å²) in [6.45, 7) is 0.476. The molecule has 0 radical (unpaired) electrons. The third kappa shape index (κ3) is 9.34. The van der Waals surface area contributed by atoms with Gasteiger partial charge in [-0.25, -0.2) is 0 Å². The van der Waals surface area contributed by atoms with Crippen LogP contribution in [0.3, 0.4) is 0 Å². The van der Waals surface area contributed by atoms with Crippen LogP contribution in [0.25, 0.3) is 10.9 Å². The van der Waals surface area contributed by atoms with Gasteiger partial charge < -0.3 is 42.3 Å². The van der Waals surface area contributed by atoms with Gasteiger partial charge in [-0.2, -0.15) is 12.6 Å². The van der Waals surface area contributed by atoms with Crippen molar-refractivity contribution in [3.63, 3.8) is 0 Å². The number of para-hydroxylation sites is 1. The maximum Gasteiger partial charge on any atom is 0.243 e. The molecule has 9 N–H and O–H groups in total. The number of aldehydes is 1. The van der Waals surface area contributed by atoms with Crippen molar-refractivity contribution < 1.29 is 24.3 Å². The molecular formula is C29H38N6O5S. The van der Waals surface area contributed by atoms with Crippen molar-refractivity contribution in [3.05, 3.63) is 65.9 Å². The van der Waals surface area contributed by atoms with Crippen LogP contribution in [0, 0.1) is 0 Å². The third-order valence-corrected chi connectivity index (χ3v) is 7.13. The smallest absolute Gasteiger partial charge is 0.243 e. The summed E-state index contributed by atoms with van der Waals surface area (Å²) >= 11 is 4.07. The standard InChI is InChI=1S/C29H38N6O5S/c30-12-4-3-5-20(16-36)33-28(39)26(14-19-15-32-24-7-2-1-6-22(19)24)35-29(40)25(34-27(38)23(31)17-41)13-18-8-10-21(37)11-9-18/h1-2,6-11,15-16,20,23,25-26,32,37,41H,3-5,12-14,17,30-31H2,(H,33,39)(H,34,38)(H,35,40)/t20-,23-,25-,26+/m0/s1. The van der Waals surface area contributed by atoms with Crippen molar-refractivity contribution in [1.82, 2.24) is 20.9 Å². The van der Waals surface area contributed by atoms with Crippen LogP contribution < -0.4 is 27.4 Å². The van der Waals surface area contributed by atoms with Gasteiger partial charge in [0.15, 0.2) is 0 Å². The minimum absolute atomic E-state index is 0.0579. The van der Waals surface area contributed by atoms with Crippen LogP contribution >= 0.6 is 12.6 Å². The summed E-state index contributed by atoms with van der Waals surface area (Å²) in [5.74, 6) is -1.58. The molecule has 0 bridgehead atoms. The maximum atomic E-state index is 13.6. The van der Waals surface area contributed by atoms with Crippen LogP contribution in [0.1, 0.15) is 30.4 Å². The number of benzene rings is 2. The van der Waals surface area contributed by atoms with E-state index in [1.807, 2.05) is 24.3 Å². The zero-order valence-corrected chi connectivity index (χ0v) is 23.6. The summed E-state index contributed by atoms with van der Waals surface area (Å²) < 4.78 is 0. The fourth-order valence-corrected chi connectivity index (χ4v) is 4.57. The highest BCUT2D eigenvalue weighted by atomic mass is 32.1. The molecule has 0 unspecified atom stereocenters. The van der Waals surface area contributed by atoms with E-state index in [-0.39, 0.29) is 24.3 Å². The number of carbonyl (C=O) groups is 4. The Hall–Kier alpha value is -3.87. The van der Waals surface area contributed by atoms with Crippen molar-refractivity contribution in [2.24, 2.45) is 11.5 Å². The molecule has 12 heteroatoms. The predicted octanol–water partition coefficient (Wildman–Crippen LogP) is 0.698. The van der Waals surface area contributed by atoms with Crippen LogP contribution in [-0.4, -0.2) is 70.6 Å². The minimum atomic E-state index is -1.08. The van der Waals surface area contributed by atoms with Crippen molar-refractivity contribution >= 4 is 47.5 Å². The second-order valence-corrected chi connectivity index (χ2v) is 10.2. The van der Waals surface area contributed by atoms with E-state index >= 15 is 0 Å². The lowest BCUT2D eigenvalue weighted by Gasteiger charge is -2.25. The molecule has 0 aliphatic heterocycles. The average molecular weight is 583 g/mol. The van der Waals surface area contributed by atoms with E-state index in [0.29, 0.717) is 37.7 Å². The molecule has 0 saturated heterocycles. The zero-order valence-electron chi connectivity index (χ0n) is 22.7. The molecule has 0 aliphatic carbocycles. The number of hydrogen-bond donors (Lipinski definition) is 8. The van der Waals surface area contributed by atoms with Gasteiger partial charge in [-0.15, -0.1) is 0 Å². The van der Waals surface area contributed by atoms with Gasteiger partial charge in [0.25, 0.3) is 0 Å². The Bertz CT molecular complexity index is 1310. The first-order valence-corrected chi connectivity index (χ1v) is 14.1. The van der Waals surface area contributed by atoms with Gasteiger partial charge in [0.1, 0.15) is 24.1 Å². The monoisotopic (exact) mass is 582 g/mol. The molecule has 3 amide bonds. The molecule has 11 nitrogen and oxygen atoms in total. The number of amides is 3. The molecular weight excluding hydrogens is 544 g/mol. The highest BCUT2D eigenvalue weighted by molar-refractivity contribution is 7.80. The summed E-state index contributed by atoms with van der Waals surface area (Å²) in [7, 11) is 0. The van der Waals surface area contributed by atoms with Gasteiger partial charge >= 0.3 is 0 Å². The van der Waals surface area contributed by atoms with Crippen LogP contribution in [0.2, 0.25) is 0 Å². The number of nitrogens with two attached hydrogens (primary N) is 2. The Labute approximate surface area is 244 Å². The summed E-state index contributed by atoms with van der Waals surface area (Å²) in [4.78, 5) is 54.6. The molecule has 3 rings (SSSR count). The van der Waals surface area contributed by atoms with E-state index < -0.39 is 41.9 Å². The largest absolute Gasteiger partial charge is 0.508 e. The number of fused-ring (bicyclic) bond motifs is 1. The lowest BCUT2D eigenvalue weighted by atomic mass is 10.0. The third-order valence-electron chi connectivity index (χ3n) is 6.74. The minimum Gasteiger partial charge on any atom is -0.508 e. The highest BCUT2D eigenvalue weighted by Gasteiger charge is 2.30. The average Bonchev–Trinajstić information content (AvgIpc) is 3.39. The molecule has 4 atom stereocenters. The van der Waals surface area contributed by atoms with Crippen molar-refractivity contribution in [2.75, 3.05) is 12.3 Å². The van der Waals surface area contributed by atoms with E-state index in [1.54, 1.807) is 18.3 Å². The Morgan fingerprint density at radius 2 is 1.59 bits per heavy atom. The van der Waals surface area contributed by atoms with Gasteiger partial charge in [-0.3, -0.25) is 14.4 Å². The van der Waals surface area contributed by atoms with Crippen molar-refractivity contribution in [2.45, 2.75) is 56.3 Å². The number of phenols is 1. The number of aromatic nitrogens is 1. The van der Waals surface area contributed by atoms with E-state index in [1.165, 1.54) is 12.1 Å². The molecule has 0 aliphatic rings. The number of nitrogens with one attached hydrogen (secondary N) is 4. The van der Waals surface area contributed by atoms with Gasteiger partial charge in [0, 0.05) is 35.7 Å². The molecule has 220 valence electrons. The SMILES string of the molecule is NCCCC[C@@H](C=O)NC(=O)[C@@H](Cc1c[nH]c2ccccc12)NC(=O)[C@H](Cc1ccc(O)cc1)NC(=O)[C@@H](N)CS. The number of aromatic amines is 1. The Kier molecular flexibility index (Phi) is 12.2.